The number of hydrogen-bond acceptors (Lipinski definition) is 8. The second-order valence-corrected chi connectivity index (χ2v) is 11.4. The highest BCUT2D eigenvalue weighted by Gasteiger charge is 2.39. The van der Waals surface area contributed by atoms with Gasteiger partial charge in [0.15, 0.2) is 23.1 Å². The van der Waals surface area contributed by atoms with Gasteiger partial charge in [0.05, 0.1) is 25.8 Å². The molecule has 0 radical (unpaired) electrons. The average molecular weight is 565 g/mol. The average Bonchev–Trinajstić information content (AvgIpc) is 2.94. The van der Waals surface area contributed by atoms with Gasteiger partial charge in [0.2, 0.25) is 5.91 Å². The Morgan fingerprint density at radius 2 is 1.90 bits per heavy atom. The van der Waals surface area contributed by atoms with Crippen molar-refractivity contribution in [2.45, 2.75) is 32.2 Å². The van der Waals surface area contributed by atoms with Crippen LogP contribution >= 0.6 is 0 Å². The molecule has 3 heterocycles. The summed E-state index contributed by atoms with van der Waals surface area (Å²) in [6, 6.07) is 10.4. The van der Waals surface area contributed by atoms with Crippen molar-refractivity contribution < 1.29 is 28.1 Å². The Labute approximate surface area is 239 Å². The largest absolute Gasteiger partial charge is 0.493 e. The van der Waals surface area contributed by atoms with Gasteiger partial charge >= 0.3 is 0 Å². The van der Waals surface area contributed by atoms with E-state index < -0.39 is 5.82 Å². The molecule has 3 aliphatic rings. The van der Waals surface area contributed by atoms with Gasteiger partial charge in [-0.1, -0.05) is 13.3 Å². The number of benzene rings is 2. The SMILES string of the molecule is COc1cc2c(Oc3ccc(NC(=O)C4(C)CCC4)cc3F)ccnc2cc1OCCN1CC(N2CCOCC2)C1. The van der Waals surface area contributed by atoms with Gasteiger partial charge in [0, 0.05) is 73.6 Å². The van der Waals surface area contributed by atoms with E-state index in [9.17, 15) is 4.79 Å². The fourth-order valence-corrected chi connectivity index (χ4v) is 5.67. The molecule has 0 spiro atoms. The molecule has 218 valence electrons. The van der Waals surface area contributed by atoms with Crippen molar-refractivity contribution >= 4 is 22.5 Å². The van der Waals surface area contributed by atoms with Crippen molar-refractivity contribution in [1.82, 2.24) is 14.8 Å². The fourth-order valence-electron chi connectivity index (χ4n) is 5.67. The molecular formula is C31H37FN4O5. The van der Waals surface area contributed by atoms with Crippen molar-refractivity contribution in [1.29, 1.82) is 0 Å². The highest BCUT2D eigenvalue weighted by Crippen LogP contribution is 2.42. The number of ether oxygens (including phenoxy) is 4. The van der Waals surface area contributed by atoms with Gasteiger partial charge in [-0.25, -0.2) is 4.39 Å². The summed E-state index contributed by atoms with van der Waals surface area (Å²) in [7, 11) is 1.59. The number of fused-ring (bicyclic) bond motifs is 1. The van der Waals surface area contributed by atoms with E-state index in [0.717, 1.165) is 65.2 Å². The quantitative estimate of drug-likeness (QED) is 0.380. The topological polar surface area (TPSA) is 85.4 Å². The van der Waals surface area contributed by atoms with Crippen LogP contribution in [0.25, 0.3) is 10.9 Å². The number of morpholine rings is 1. The summed E-state index contributed by atoms with van der Waals surface area (Å²) in [5.74, 6) is 0.987. The minimum Gasteiger partial charge on any atom is -0.493 e. The molecule has 0 atom stereocenters. The smallest absolute Gasteiger partial charge is 0.230 e. The Balaban J connectivity index is 1.09. The first-order valence-electron chi connectivity index (χ1n) is 14.3. The first-order valence-corrected chi connectivity index (χ1v) is 14.3. The second kappa shape index (κ2) is 11.8. The third-order valence-corrected chi connectivity index (χ3v) is 8.57. The van der Waals surface area contributed by atoms with Gasteiger partial charge in [-0.05, 0) is 37.1 Å². The van der Waals surface area contributed by atoms with Crippen molar-refractivity contribution in [3.05, 3.63) is 48.4 Å². The van der Waals surface area contributed by atoms with Crippen LogP contribution in [-0.4, -0.2) is 86.4 Å². The lowest BCUT2D eigenvalue weighted by Crippen LogP contribution is -2.61. The lowest BCUT2D eigenvalue weighted by molar-refractivity contribution is -0.128. The summed E-state index contributed by atoms with van der Waals surface area (Å²) in [5.41, 5.74) is 0.683. The molecule has 3 aromatic rings. The normalized spacial score (nSPS) is 19.3. The van der Waals surface area contributed by atoms with Gasteiger partial charge < -0.3 is 24.3 Å². The molecular weight excluding hydrogens is 527 g/mol. The Bertz CT molecular complexity index is 1400. The Hall–Kier alpha value is -3.47. The number of hydrogen-bond donors (Lipinski definition) is 1. The molecule has 1 N–H and O–H groups in total. The van der Waals surface area contributed by atoms with Crippen LogP contribution in [0.1, 0.15) is 26.2 Å². The maximum Gasteiger partial charge on any atom is 0.230 e. The lowest BCUT2D eigenvalue weighted by atomic mass is 9.70. The summed E-state index contributed by atoms with van der Waals surface area (Å²) in [6.45, 7) is 9.05. The van der Waals surface area contributed by atoms with Crippen LogP contribution in [0.4, 0.5) is 10.1 Å². The van der Waals surface area contributed by atoms with Gasteiger partial charge in [-0.15, -0.1) is 0 Å². The Morgan fingerprint density at radius 3 is 2.61 bits per heavy atom. The van der Waals surface area contributed by atoms with E-state index in [1.54, 1.807) is 31.5 Å². The Kier molecular flexibility index (Phi) is 7.96. The molecule has 3 fully saturated rings. The lowest BCUT2D eigenvalue weighted by Gasteiger charge is -2.46. The summed E-state index contributed by atoms with van der Waals surface area (Å²) >= 11 is 0. The summed E-state index contributed by atoms with van der Waals surface area (Å²) in [6.07, 6.45) is 4.35. The van der Waals surface area contributed by atoms with Crippen LogP contribution < -0.4 is 19.5 Å². The van der Waals surface area contributed by atoms with Gasteiger partial charge in [-0.3, -0.25) is 19.6 Å². The van der Waals surface area contributed by atoms with Crippen LogP contribution in [0.5, 0.6) is 23.0 Å². The van der Waals surface area contributed by atoms with Crippen LogP contribution in [0.3, 0.4) is 0 Å². The van der Waals surface area contributed by atoms with E-state index in [0.29, 0.717) is 46.5 Å². The minimum absolute atomic E-state index is 0.0505. The molecule has 41 heavy (non-hydrogen) atoms. The summed E-state index contributed by atoms with van der Waals surface area (Å²) in [5, 5.41) is 3.50. The van der Waals surface area contributed by atoms with E-state index in [1.807, 2.05) is 13.0 Å². The maximum absolute atomic E-state index is 15.0. The third-order valence-electron chi connectivity index (χ3n) is 8.57. The molecule has 6 rings (SSSR count). The zero-order valence-corrected chi connectivity index (χ0v) is 23.7. The number of nitrogens with one attached hydrogen (secondary N) is 1. The van der Waals surface area contributed by atoms with Gasteiger partial charge in [0.25, 0.3) is 0 Å². The molecule has 2 aliphatic heterocycles. The van der Waals surface area contributed by atoms with Gasteiger partial charge in [-0.2, -0.15) is 0 Å². The molecule has 1 saturated carbocycles. The highest BCUT2D eigenvalue weighted by atomic mass is 19.1. The zero-order valence-electron chi connectivity index (χ0n) is 23.7. The van der Waals surface area contributed by atoms with E-state index in [4.69, 9.17) is 18.9 Å². The number of carbonyl (C=O) groups excluding carboxylic acids is 1. The van der Waals surface area contributed by atoms with E-state index in [2.05, 4.69) is 20.1 Å². The van der Waals surface area contributed by atoms with Gasteiger partial charge in [0.1, 0.15) is 12.4 Å². The number of anilines is 1. The van der Waals surface area contributed by atoms with Crippen molar-refractivity contribution in [3.8, 4) is 23.0 Å². The number of pyridine rings is 1. The summed E-state index contributed by atoms with van der Waals surface area (Å²) in [4.78, 5) is 21.9. The monoisotopic (exact) mass is 564 g/mol. The predicted octanol–water partition coefficient (Wildman–Crippen LogP) is 4.70. The van der Waals surface area contributed by atoms with Crippen LogP contribution in [0.2, 0.25) is 0 Å². The molecule has 9 nitrogen and oxygen atoms in total. The second-order valence-electron chi connectivity index (χ2n) is 11.4. The molecule has 0 bridgehead atoms. The van der Waals surface area contributed by atoms with Crippen molar-refractivity contribution in [2.75, 3.05) is 65.0 Å². The molecule has 1 amide bonds. The molecule has 1 aromatic heterocycles. The number of rotatable bonds is 10. The van der Waals surface area contributed by atoms with Crippen molar-refractivity contribution in [3.63, 3.8) is 0 Å². The first-order chi connectivity index (χ1) is 19.9. The number of aromatic nitrogens is 1. The van der Waals surface area contributed by atoms with Crippen molar-refractivity contribution in [2.24, 2.45) is 5.41 Å². The molecule has 2 aromatic carbocycles. The molecule has 2 saturated heterocycles. The van der Waals surface area contributed by atoms with Crippen LogP contribution in [-0.2, 0) is 9.53 Å². The van der Waals surface area contributed by atoms with Crippen LogP contribution in [0, 0.1) is 11.2 Å². The van der Waals surface area contributed by atoms with E-state index in [1.165, 1.54) is 12.1 Å². The molecule has 1 aliphatic carbocycles. The Morgan fingerprint density at radius 1 is 1.10 bits per heavy atom. The minimum atomic E-state index is -0.569. The molecule has 0 unspecified atom stereocenters. The highest BCUT2D eigenvalue weighted by molar-refractivity contribution is 5.95. The number of nitrogens with zero attached hydrogens (tertiary/aromatic N) is 3. The number of amides is 1. The molecule has 10 heteroatoms. The maximum atomic E-state index is 15.0. The first kappa shape index (κ1) is 27.7. The predicted molar refractivity (Wildman–Crippen MR) is 153 cm³/mol. The van der Waals surface area contributed by atoms with E-state index in [-0.39, 0.29) is 17.1 Å². The zero-order chi connectivity index (χ0) is 28.4. The third kappa shape index (κ3) is 5.95. The van der Waals surface area contributed by atoms with Crippen LogP contribution in [0.15, 0.2) is 42.6 Å². The fraction of sp³-hybridized carbons (Fsp3) is 0.484. The number of likely N-dealkylation sites (tertiary alicyclic amines) is 1. The standard InChI is InChI=1S/C31H37FN4O5/c1-31(7-3-8-31)30(37)34-21-4-5-27(24(32)16-21)41-26-6-9-33-25-18-29(28(38-2)17-23(25)26)40-15-10-35-19-22(20-35)36-11-13-39-14-12-36/h4-6,9,16-18,22H,3,7-8,10-15,19-20H2,1-2H3,(H,34,37). The summed E-state index contributed by atoms with van der Waals surface area (Å²) < 4.78 is 38.2. The number of carbonyl (C=O) groups is 1. The number of methoxy groups -OCH3 is 1. The number of halogens is 1. The van der Waals surface area contributed by atoms with E-state index >= 15 is 4.39 Å².